The quantitative estimate of drug-likeness (QED) is 0.599. The molecule has 3 aromatic rings. The Morgan fingerprint density at radius 2 is 1.77 bits per heavy atom. The van der Waals surface area contributed by atoms with E-state index >= 15 is 0 Å². The Hall–Kier alpha value is -2.40. The van der Waals surface area contributed by atoms with Gasteiger partial charge in [-0.2, -0.15) is 0 Å². The molecule has 134 valence electrons. The maximum Gasteiger partial charge on any atom is 0.338 e. The van der Waals surface area contributed by atoms with Crippen molar-refractivity contribution in [3.8, 4) is 11.3 Å². The molecule has 0 amide bonds. The van der Waals surface area contributed by atoms with Crippen LogP contribution in [0, 0.1) is 6.92 Å². The number of fused-ring (bicyclic) bond motifs is 1. The van der Waals surface area contributed by atoms with Crippen molar-refractivity contribution in [1.82, 2.24) is 4.98 Å². The SMILES string of the molecule is CCN(CC)c1c(-c2ccc(C)cc2)nc2ccc(Br)cc2c1C(=O)O. The second-order valence-corrected chi connectivity index (χ2v) is 7.10. The maximum atomic E-state index is 12.3. The van der Waals surface area contributed by atoms with Crippen molar-refractivity contribution in [3.05, 3.63) is 58.1 Å². The second kappa shape index (κ2) is 7.46. The molecule has 0 aliphatic heterocycles. The third kappa shape index (κ3) is 3.31. The second-order valence-electron chi connectivity index (χ2n) is 6.19. The number of pyridine rings is 1. The number of aromatic nitrogens is 1. The molecule has 4 nitrogen and oxygen atoms in total. The van der Waals surface area contributed by atoms with Gasteiger partial charge in [-0.25, -0.2) is 9.78 Å². The zero-order valence-corrected chi connectivity index (χ0v) is 16.7. The predicted molar refractivity (Wildman–Crippen MR) is 110 cm³/mol. The van der Waals surface area contributed by atoms with Crippen LogP contribution < -0.4 is 4.90 Å². The van der Waals surface area contributed by atoms with E-state index in [9.17, 15) is 9.90 Å². The molecule has 0 saturated heterocycles. The summed E-state index contributed by atoms with van der Waals surface area (Å²) < 4.78 is 0.836. The van der Waals surface area contributed by atoms with E-state index in [4.69, 9.17) is 4.98 Å². The first-order valence-electron chi connectivity index (χ1n) is 8.64. The number of aryl methyl sites for hydroxylation is 1. The van der Waals surface area contributed by atoms with Crippen LogP contribution in [0.5, 0.6) is 0 Å². The van der Waals surface area contributed by atoms with E-state index < -0.39 is 5.97 Å². The average Bonchev–Trinajstić information content (AvgIpc) is 2.62. The summed E-state index contributed by atoms with van der Waals surface area (Å²) in [5.41, 5.74) is 4.44. The highest BCUT2D eigenvalue weighted by Gasteiger charge is 2.24. The van der Waals surface area contributed by atoms with Gasteiger partial charge in [0, 0.05) is 28.5 Å². The van der Waals surface area contributed by atoms with Gasteiger partial charge in [-0.15, -0.1) is 0 Å². The minimum atomic E-state index is -0.939. The number of hydrogen-bond donors (Lipinski definition) is 1. The summed E-state index contributed by atoms with van der Waals surface area (Å²) in [4.78, 5) is 19.2. The summed E-state index contributed by atoms with van der Waals surface area (Å²) in [6.45, 7) is 7.50. The van der Waals surface area contributed by atoms with Gasteiger partial charge >= 0.3 is 5.97 Å². The molecular formula is C21H21BrN2O2. The molecule has 0 saturated carbocycles. The van der Waals surface area contributed by atoms with Crippen molar-refractivity contribution in [1.29, 1.82) is 0 Å². The van der Waals surface area contributed by atoms with Crippen LogP contribution >= 0.6 is 15.9 Å². The molecule has 0 radical (unpaired) electrons. The van der Waals surface area contributed by atoms with Crippen LogP contribution in [0.15, 0.2) is 46.9 Å². The summed E-state index contributed by atoms with van der Waals surface area (Å²) in [7, 11) is 0. The lowest BCUT2D eigenvalue weighted by Crippen LogP contribution is -2.25. The molecule has 0 atom stereocenters. The molecular weight excluding hydrogens is 392 g/mol. The van der Waals surface area contributed by atoms with Gasteiger partial charge in [-0.1, -0.05) is 45.8 Å². The number of nitrogens with zero attached hydrogens (tertiary/aromatic N) is 2. The molecule has 5 heteroatoms. The van der Waals surface area contributed by atoms with Gasteiger partial charge < -0.3 is 10.0 Å². The molecule has 1 aromatic heterocycles. The normalized spacial score (nSPS) is 10.9. The summed E-state index contributed by atoms with van der Waals surface area (Å²) in [6.07, 6.45) is 0. The van der Waals surface area contributed by atoms with E-state index in [1.807, 2.05) is 63.2 Å². The summed E-state index contributed by atoms with van der Waals surface area (Å²) in [5, 5.41) is 10.7. The molecule has 0 unspecified atom stereocenters. The third-order valence-electron chi connectivity index (χ3n) is 4.54. The van der Waals surface area contributed by atoms with Crippen molar-refractivity contribution >= 4 is 38.5 Å². The van der Waals surface area contributed by atoms with E-state index in [1.54, 1.807) is 0 Å². The molecule has 1 N–H and O–H groups in total. The first-order valence-corrected chi connectivity index (χ1v) is 9.44. The summed E-state index contributed by atoms with van der Waals surface area (Å²) in [5.74, 6) is -0.939. The third-order valence-corrected chi connectivity index (χ3v) is 5.03. The van der Waals surface area contributed by atoms with Crippen molar-refractivity contribution < 1.29 is 9.90 Å². The Labute approximate surface area is 161 Å². The fourth-order valence-corrected chi connectivity index (χ4v) is 3.56. The maximum absolute atomic E-state index is 12.3. The first-order chi connectivity index (χ1) is 12.5. The summed E-state index contributed by atoms with van der Waals surface area (Å²) in [6, 6.07) is 13.6. The fourth-order valence-electron chi connectivity index (χ4n) is 3.20. The highest BCUT2D eigenvalue weighted by atomic mass is 79.9. The van der Waals surface area contributed by atoms with Crippen LogP contribution in [-0.2, 0) is 0 Å². The topological polar surface area (TPSA) is 53.4 Å². The van der Waals surface area contributed by atoms with Crippen LogP contribution in [0.2, 0.25) is 0 Å². The molecule has 2 aromatic carbocycles. The molecule has 0 aliphatic carbocycles. The number of anilines is 1. The number of carbonyl (C=O) groups is 1. The van der Waals surface area contributed by atoms with E-state index in [0.29, 0.717) is 40.9 Å². The van der Waals surface area contributed by atoms with Crippen molar-refractivity contribution in [3.63, 3.8) is 0 Å². The Morgan fingerprint density at radius 1 is 1.12 bits per heavy atom. The van der Waals surface area contributed by atoms with Crippen LogP contribution in [0.25, 0.3) is 22.2 Å². The number of carboxylic acid groups (broad SMARTS) is 1. The van der Waals surface area contributed by atoms with Gasteiger partial charge in [0.05, 0.1) is 22.5 Å². The zero-order valence-electron chi connectivity index (χ0n) is 15.1. The zero-order chi connectivity index (χ0) is 18.8. The van der Waals surface area contributed by atoms with Crippen LogP contribution in [-0.4, -0.2) is 29.1 Å². The molecule has 0 aliphatic rings. The van der Waals surface area contributed by atoms with Crippen molar-refractivity contribution in [2.45, 2.75) is 20.8 Å². The Morgan fingerprint density at radius 3 is 2.35 bits per heavy atom. The number of hydrogen-bond acceptors (Lipinski definition) is 3. The standard InChI is InChI=1S/C21H21BrN2O2/c1-4-24(5-2)20-18(21(25)26)16-12-15(22)10-11-17(16)23-19(20)14-8-6-13(3)7-9-14/h6-12H,4-5H2,1-3H3,(H,25,26). The van der Waals surface area contributed by atoms with E-state index in [-0.39, 0.29) is 0 Å². The van der Waals surface area contributed by atoms with E-state index in [1.165, 1.54) is 0 Å². The van der Waals surface area contributed by atoms with Gasteiger partial charge in [0.25, 0.3) is 0 Å². The number of benzene rings is 2. The molecule has 0 bridgehead atoms. The average molecular weight is 413 g/mol. The Balaban J connectivity index is 2.45. The summed E-state index contributed by atoms with van der Waals surface area (Å²) >= 11 is 3.45. The van der Waals surface area contributed by atoms with Gasteiger partial charge in [-0.05, 0) is 39.0 Å². The number of rotatable bonds is 5. The fraction of sp³-hybridized carbons (Fsp3) is 0.238. The van der Waals surface area contributed by atoms with Gasteiger partial charge in [-0.3, -0.25) is 0 Å². The number of carboxylic acids is 1. The lowest BCUT2D eigenvalue weighted by atomic mass is 9.99. The van der Waals surface area contributed by atoms with E-state index in [0.717, 1.165) is 15.6 Å². The molecule has 26 heavy (non-hydrogen) atoms. The molecule has 0 fully saturated rings. The lowest BCUT2D eigenvalue weighted by molar-refractivity contribution is 0.0699. The molecule has 3 rings (SSSR count). The molecule has 1 heterocycles. The number of halogens is 1. The lowest BCUT2D eigenvalue weighted by Gasteiger charge is -2.26. The highest BCUT2D eigenvalue weighted by Crippen LogP contribution is 2.38. The largest absolute Gasteiger partial charge is 0.478 e. The minimum Gasteiger partial charge on any atom is -0.478 e. The van der Waals surface area contributed by atoms with Crippen LogP contribution in [0.3, 0.4) is 0 Å². The smallest absolute Gasteiger partial charge is 0.338 e. The van der Waals surface area contributed by atoms with Crippen LogP contribution in [0.1, 0.15) is 29.8 Å². The van der Waals surface area contributed by atoms with Crippen LogP contribution in [0.4, 0.5) is 5.69 Å². The predicted octanol–water partition coefficient (Wildman–Crippen LogP) is 5.52. The van der Waals surface area contributed by atoms with Gasteiger partial charge in [0.15, 0.2) is 0 Å². The monoisotopic (exact) mass is 412 g/mol. The van der Waals surface area contributed by atoms with E-state index in [2.05, 4.69) is 20.8 Å². The van der Waals surface area contributed by atoms with Gasteiger partial charge in [0.1, 0.15) is 0 Å². The minimum absolute atomic E-state index is 0.301. The van der Waals surface area contributed by atoms with Crippen molar-refractivity contribution in [2.75, 3.05) is 18.0 Å². The first kappa shape index (κ1) is 18.4. The van der Waals surface area contributed by atoms with Gasteiger partial charge in [0.2, 0.25) is 0 Å². The Kier molecular flexibility index (Phi) is 5.28. The Bertz CT molecular complexity index is 964. The molecule has 0 spiro atoms. The van der Waals surface area contributed by atoms with Crippen molar-refractivity contribution in [2.24, 2.45) is 0 Å². The number of aromatic carboxylic acids is 1. The highest BCUT2D eigenvalue weighted by molar-refractivity contribution is 9.10.